The van der Waals surface area contributed by atoms with Crippen LogP contribution in [0.15, 0.2) is 24.3 Å². The molecule has 0 saturated heterocycles. The summed E-state index contributed by atoms with van der Waals surface area (Å²) < 4.78 is 42.3. The van der Waals surface area contributed by atoms with Gasteiger partial charge in [0, 0.05) is 0 Å². The van der Waals surface area contributed by atoms with E-state index in [1.54, 1.807) is 0 Å². The van der Waals surface area contributed by atoms with Gasteiger partial charge in [-0.25, -0.2) is 0 Å². The van der Waals surface area contributed by atoms with Crippen LogP contribution in [0.3, 0.4) is 0 Å². The second-order valence-electron chi connectivity index (χ2n) is 2.95. The summed E-state index contributed by atoms with van der Waals surface area (Å²) >= 11 is 0. The number of hydrogen-bond donors (Lipinski definition) is 0. The lowest BCUT2D eigenvalue weighted by molar-refractivity contribution is -0.138. The maximum Gasteiger partial charge on any atom is 0.419 e. The van der Waals surface area contributed by atoms with Crippen LogP contribution in [0.4, 0.5) is 13.2 Å². The third-order valence-corrected chi connectivity index (χ3v) is 1.90. The molecule has 0 spiro atoms. The number of carbonyl (C=O) groups excluding carboxylic acids is 1. The average molecular weight is 230 g/mol. The van der Waals surface area contributed by atoms with Gasteiger partial charge in [-0.05, 0) is 23.8 Å². The highest BCUT2D eigenvalue weighted by Gasteiger charge is 2.34. The van der Waals surface area contributed by atoms with Gasteiger partial charge in [-0.2, -0.15) is 13.2 Å². The van der Waals surface area contributed by atoms with E-state index in [4.69, 9.17) is 0 Å². The molecular formula is C11H9F3O2. The van der Waals surface area contributed by atoms with Crippen molar-refractivity contribution >= 4 is 12.4 Å². The van der Waals surface area contributed by atoms with Crippen LogP contribution in [0.25, 0.3) is 6.08 Å². The SMILES string of the molecule is COc1ccc(C=CC=O)cc1C(F)(F)F. The number of ether oxygens (including phenoxy) is 1. The first kappa shape index (κ1) is 12.3. The number of alkyl halides is 3. The van der Waals surface area contributed by atoms with Gasteiger partial charge in [-0.3, -0.25) is 4.79 Å². The highest BCUT2D eigenvalue weighted by molar-refractivity contribution is 5.74. The molecule has 0 unspecified atom stereocenters. The Bertz CT molecular complexity index is 408. The summed E-state index contributed by atoms with van der Waals surface area (Å²) in [6, 6.07) is 3.58. The third kappa shape index (κ3) is 2.85. The zero-order chi connectivity index (χ0) is 12.2. The number of aldehydes is 1. The molecule has 16 heavy (non-hydrogen) atoms. The number of carbonyl (C=O) groups is 1. The standard InChI is InChI=1S/C11H9F3O2/c1-16-10-5-4-8(3-2-6-15)7-9(10)11(12,13)14/h2-7H,1H3. The minimum atomic E-state index is -4.48. The molecule has 86 valence electrons. The van der Waals surface area contributed by atoms with Gasteiger partial charge in [0.25, 0.3) is 0 Å². The van der Waals surface area contributed by atoms with E-state index in [0.717, 1.165) is 12.1 Å². The number of rotatable bonds is 3. The highest BCUT2D eigenvalue weighted by Crippen LogP contribution is 2.36. The van der Waals surface area contributed by atoms with E-state index >= 15 is 0 Å². The maximum absolute atomic E-state index is 12.6. The predicted octanol–water partition coefficient (Wildman–Crippen LogP) is 2.93. The molecule has 0 saturated carbocycles. The molecular weight excluding hydrogens is 221 g/mol. The second kappa shape index (κ2) is 4.83. The van der Waals surface area contributed by atoms with Gasteiger partial charge in [0.1, 0.15) is 12.0 Å². The second-order valence-corrected chi connectivity index (χ2v) is 2.95. The van der Waals surface area contributed by atoms with Gasteiger partial charge < -0.3 is 4.74 Å². The molecule has 5 heteroatoms. The molecule has 0 fully saturated rings. The van der Waals surface area contributed by atoms with Crippen LogP contribution in [0.1, 0.15) is 11.1 Å². The molecule has 0 aliphatic heterocycles. The first-order chi connectivity index (χ1) is 7.49. The molecule has 0 bridgehead atoms. The molecule has 0 N–H and O–H groups in total. The zero-order valence-corrected chi connectivity index (χ0v) is 8.41. The summed E-state index contributed by atoms with van der Waals surface area (Å²) in [6.07, 6.45) is -1.56. The summed E-state index contributed by atoms with van der Waals surface area (Å²) in [7, 11) is 1.17. The van der Waals surface area contributed by atoms with Crippen molar-refractivity contribution in [1.82, 2.24) is 0 Å². The van der Waals surface area contributed by atoms with Crippen molar-refractivity contribution in [3.8, 4) is 5.75 Å². The normalized spacial score (nSPS) is 11.8. The fraction of sp³-hybridized carbons (Fsp3) is 0.182. The Kier molecular flexibility index (Phi) is 3.71. The van der Waals surface area contributed by atoms with Crippen molar-refractivity contribution in [2.45, 2.75) is 6.18 Å². The Morgan fingerprint density at radius 3 is 2.50 bits per heavy atom. The number of allylic oxidation sites excluding steroid dienone is 1. The summed E-state index contributed by atoms with van der Waals surface area (Å²) in [6.45, 7) is 0. The van der Waals surface area contributed by atoms with E-state index in [0.29, 0.717) is 11.8 Å². The van der Waals surface area contributed by atoms with Crippen LogP contribution in [-0.4, -0.2) is 13.4 Å². The van der Waals surface area contributed by atoms with Crippen LogP contribution in [0.5, 0.6) is 5.75 Å². The highest BCUT2D eigenvalue weighted by atomic mass is 19.4. The number of halogens is 3. The maximum atomic E-state index is 12.6. The number of benzene rings is 1. The van der Waals surface area contributed by atoms with Crippen LogP contribution in [0.2, 0.25) is 0 Å². The lowest BCUT2D eigenvalue weighted by Crippen LogP contribution is -2.07. The monoisotopic (exact) mass is 230 g/mol. The quantitative estimate of drug-likeness (QED) is 0.589. The molecule has 1 aromatic carbocycles. The van der Waals surface area contributed by atoms with Gasteiger partial charge >= 0.3 is 6.18 Å². The minimum absolute atomic E-state index is 0.240. The minimum Gasteiger partial charge on any atom is -0.496 e. The number of methoxy groups -OCH3 is 1. The van der Waals surface area contributed by atoms with Crippen molar-refractivity contribution in [3.63, 3.8) is 0 Å². The number of hydrogen-bond acceptors (Lipinski definition) is 2. The van der Waals surface area contributed by atoms with Crippen LogP contribution in [-0.2, 0) is 11.0 Å². The van der Waals surface area contributed by atoms with E-state index in [1.165, 1.54) is 25.3 Å². The lowest BCUT2D eigenvalue weighted by atomic mass is 10.1. The zero-order valence-electron chi connectivity index (χ0n) is 8.41. The van der Waals surface area contributed by atoms with Gasteiger partial charge in [0.15, 0.2) is 0 Å². The van der Waals surface area contributed by atoms with E-state index in [1.807, 2.05) is 0 Å². The van der Waals surface area contributed by atoms with E-state index in [2.05, 4.69) is 4.74 Å². The molecule has 1 rings (SSSR count). The van der Waals surface area contributed by atoms with E-state index in [-0.39, 0.29) is 5.75 Å². The molecule has 1 aromatic rings. The molecule has 0 atom stereocenters. The van der Waals surface area contributed by atoms with Crippen LogP contribution >= 0.6 is 0 Å². The Morgan fingerprint density at radius 2 is 2.00 bits per heavy atom. The predicted molar refractivity (Wildman–Crippen MR) is 53.1 cm³/mol. The Balaban J connectivity index is 3.21. The van der Waals surface area contributed by atoms with Crippen LogP contribution in [0, 0.1) is 0 Å². The first-order valence-corrected chi connectivity index (χ1v) is 4.36. The topological polar surface area (TPSA) is 26.3 Å². The van der Waals surface area contributed by atoms with Gasteiger partial charge in [0.2, 0.25) is 0 Å². The Hall–Kier alpha value is -1.78. The summed E-state index contributed by atoms with van der Waals surface area (Å²) in [5.41, 5.74) is -0.566. The molecule has 0 radical (unpaired) electrons. The van der Waals surface area contributed by atoms with Crippen molar-refractivity contribution in [1.29, 1.82) is 0 Å². The summed E-state index contributed by atoms with van der Waals surface area (Å²) in [4.78, 5) is 10.0. The average Bonchev–Trinajstić information content (AvgIpc) is 2.24. The third-order valence-electron chi connectivity index (χ3n) is 1.90. The molecule has 0 heterocycles. The summed E-state index contributed by atoms with van der Waals surface area (Å²) in [5.74, 6) is -0.240. The molecule has 2 nitrogen and oxygen atoms in total. The largest absolute Gasteiger partial charge is 0.496 e. The molecule has 0 aliphatic rings. The van der Waals surface area contributed by atoms with Crippen molar-refractivity contribution in [2.75, 3.05) is 7.11 Å². The molecule has 0 amide bonds. The summed E-state index contributed by atoms with van der Waals surface area (Å²) in [5, 5.41) is 0. The fourth-order valence-electron chi connectivity index (χ4n) is 1.20. The van der Waals surface area contributed by atoms with Crippen LogP contribution < -0.4 is 4.74 Å². The molecule has 0 aliphatic carbocycles. The van der Waals surface area contributed by atoms with E-state index < -0.39 is 11.7 Å². The van der Waals surface area contributed by atoms with Gasteiger partial charge in [0.05, 0.1) is 12.7 Å². The first-order valence-electron chi connectivity index (χ1n) is 4.36. The van der Waals surface area contributed by atoms with E-state index in [9.17, 15) is 18.0 Å². The lowest BCUT2D eigenvalue weighted by Gasteiger charge is -2.12. The van der Waals surface area contributed by atoms with Crippen molar-refractivity contribution in [2.24, 2.45) is 0 Å². The Labute approximate surface area is 90.3 Å². The smallest absolute Gasteiger partial charge is 0.419 e. The van der Waals surface area contributed by atoms with Gasteiger partial charge in [-0.1, -0.05) is 12.1 Å². The van der Waals surface area contributed by atoms with Crippen molar-refractivity contribution < 1.29 is 22.7 Å². The van der Waals surface area contributed by atoms with Crippen molar-refractivity contribution in [3.05, 3.63) is 35.4 Å². The fourth-order valence-corrected chi connectivity index (χ4v) is 1.20. The molecule has 0 aromatic heterocycles. The Morgan fingerprint density at radius 1 is 1.31 bits per heavy atom. The van der Waals surface area contributed by atoms with Gasteiger partial charge in [-0.15, -0.1) is 0 Å².